The van der Waals surface area contributed by atoms with E-state index in [-0.39, 0.29) is 0 Å². The molecular weight excluding hydrogens is 243 g/mol. The summed E-state index contributed by atoms with van der Waals surface area (Å²) in [6.45, 7) is 6.86. The summed E-state index contributed by atoms with van der Waals surface area (Å²) in [5, 5.41) is 0. The molecule has 0 saturated carbocycles. The molecule has 0 radical (unpaired) electrons. The van der Waals surface area contributed by atoms with Gasteiger partial charge in [-0.05, 0) is 6.08 Å². The first-order valence-electron chi connectivity index (χ1n) is 2.54. The van der Waals surface area contributed by atoms with Crippen molar-refractivity contribution < 1.29 is 7.86 Å². The van der Waals surface area contributed by atoms with Crippen LogP contribution in [0.4, 0.5) is 0 Å². The lowest BCUT2D eigenvalue weighted by molar-refractivity contribution is -0.126. The highest BCUT2D eigenvalue weighted by molar-refractivity contribution is 14.1. The van der Waals surface area contributed by atoms with Crippen molar-refractivity contribution >= 4 is 29.0 Å². The van der Waals surface area contributed by atoms with Gasteiger partial charge in [-0.3, -0.25) is 0 Å². The van der Waals surface area contributed by atoms with E-state index in [2.05, 4.69) is 16.2 Å². The Morgan fingerprint density at radius 2 is 2.10 bits per heavy atom. The molecule has 0 amide bonds. The summed E-state index contributed by atoms with van der Waals surface area (Å²) in [6, 6.07) is 0. The van der Waals surface area contributed by atoms with E-state index in [1.165, 1.54) is 41.2 Å². The Morgan fingerprint density at radius 3 is 2.40 bits per heavy atom. The van der Waals surface area contributed by atoms with Gasteiger partial charge in [-0.1, -0.05) is 25.3 Å². The molecular formula is C7H7IO2. The molecule has 0 aliphatic heterocycles. The Hall–Kier alpha value is -0.580. The van der Waals surface area contributed by atoms with E-state index in [1.54, 1.807) is 0 Å². The maximum Gasteiger partial charge on any atom is 0.347 e. The molecule has 0 unspecified atom stereocenters. The Kier molecular flexibility index (Phi) is 4.92. The predicted octanol–water partition coefficient (Wildman–Crippen LogP) is 2.18. The number of rotatable bonds is 3. The van der Waals surface area contributed by atoms with E-state index in [4.69, 9.17) is 0 Å². The van der Waals surface area contributed by atoms with Crippen LogP contribution in [0.25, 0.3) is 0 Å². The third-order valence-electron chi connectivity index (χ3n) is 0.823. The molecule has 0 aliphatic rings. The van der Waals surface area contributed by atoms with Gasteiger partial charge in [-0.25, -0.2) is 4.79 Å². The fourth-order valence-electron chi connectivity index (χ4n) is 0.391. The Bertz CT molecular complexity index is 182. The largest absolute Gasteiger partial charge is 0.391 e. The van der Waals surface area contributed by atoms with Crippen molar-refractivity contribution in [3.05, 3.63) is 37.0 Å². The Morgan fingerprint density at radius 1 is 1.50 bits per heavy atom. The van der Waals surface area contributed by atoms with Crippen LogP contribution >= 0.6 is 23.0 Å². The summed E-state index contributed by atoms with van der Waals surface area (Å²) in [7, 11) is 0. The summed E-state index contributed by atoms with van der Waals surface area (Å²) >= 11 is 1.52. The van der Waals surface area contributed by atoms with E-state index >= 15 is 0 Å². The minimum absolute atomic E-state index is 0.407. The molecule has 0 bridgehead atoms. The standard InChI is InChI=1S/C7H7IO2/c1-3-5-6(4-2)7(9)10-8/h3-5H,1-2H2/b6-5+. The van der Waals surface area contributed by atoms with Crippen molar-refractivity contribution in [1.29, 1.82) is 0 Å². The van der Waals surface area contributed by atoms with Gasteiger partial charge in [-0.2, -0.15) is 0 Å². The minimum atomic E-state index is -0.407. The summed E-state index contributed by atoms with van der Waals surface area (Å²) in [5.41, 5.74) is 0.407. The van der Waals surface area contributed by atoms with Crippen LogP contribution in [0.1, 0.15) is 0 Å². The average Bonchev–Trinajstić information content (AvgIpc) is 1.99. The van der Waals surface area contributed by atoms with Crippen molar-refractivity contribution in [2.45, 2.75) is 0 Å². The molecule has 3 heteroatoms. The first-order chi connectivity index (χ1) is 4.76. The molecule has 0 aromatic heterocycles. The molecule has 0 rings (SSSR count). The molecule has 0 fully saturated rings. The number of carbonyl (C=O) groups excluding carboxylic acids is 1. The van der Waals surface area contributed by atoms with E-state index in [9.17, 15) is 4.79 Å². The molecule has 10 heavy (non-hydrogen) atoms. The van der Waals surface area contributed by atoms with Crippen LogP contribution in [0.3, 0.4) is 0 Å². The number of hydrogen-bond donors (Lipinski definition) is 0. The lowest BCUT2D eigenvalue weighted by atomic mass is 10.2. The maximum atomic E-state index is 10.7. The van der Waals surface area contributed by atoms with Crippen LogP contribution in [0.5, 0.6) is 0 Å². The third kappa shape index (κ3) is 2.82. The van der Waals surface area contributed by atoms with Gasteiger partial charge >= 0.3 is 5.97 Å². The fourth-order valence-corrected chi connectivity index (χ4v) is 0.645. The molecule has 0 atom stereocenters. The van der Waals surface area contributed by atoms with Gasteiger partial charge in [0.25, 0.3) is 0 Å². The molecule has 0 aromatic rings. The van der Waals surface area contributed by atoms with Crippen LogP contribution in [-0.2, 0) is 7.86 Å². The zero-order valence-electron chi connectivity index (χ0n) is 5.34. The van der Waals surface area contributed by atoms with Gasteiger partial charge in [0, 0.05) is 0 Å². The summed E-state index contributed by atoms with van der Waals surface area (Å²) in [4.78, 5) is 10.7. The smallest absolute Gasteiger partial charge is 0.347 e. The molecule has 0 N–H and O–H groups in total. The number of allylic oxidation sites excluding steroid dienone is 2. The van der Waals surface area contributed by atoms with Gasteiger partial charge in [0.2, 0.25) is 0 Å². The zero-order valence-corrected chi connectivity index (χ0v) is 7.50. The zero-order chi connectivity index (χ0) is 7.98. The molecule has 0 aromatic carbocycles. The Balaban J connectivity index is 4.34. The molecule has 54 valence electrons. The normalized spacial score (nSPS) is 10.3. The number of carbonyl (C=O) groups is 1. The van der Waals surface area contributed by atoms with Crippen molar-refractivity contribution in [1.82, 2.24) is 0 Å². The number of hydrogen-bond acceptors (Lipinski definition) is 2. The second kappa shape index (κ2) is 5.22. The van der Waals surface area contributed by atoms with Crippen molar-refractivity contribution in [3.63, 3.8) is 0 Å². The molecule has 2 nitrogen and oxygen atoms in total. The highest BCUT2D eigenvalue weighted by atomic mass is 127. The van der Waals surface area contributed by atoms with Crippen LogP contribution in [0.15, 0.2) is 37.0 Å². The van der Waals surface area contributed by atoms with Gasteiger partial charge < -0.3 is 3.07 Å². The van der Waals surface area contributed by atoms with Crippen molar-refractivity contribution in [2.24, 2.45) is 0 Å². The molecule has 0 heterocycles. The topological polar surface area (TPSA) is 26.3 Å². The van der Waals surface area contributed by atoms with E-state index in [1.807, 2.05) is 0 Å². The van der Waals surface area contributed by atoms with Crippen LogP contribution in [0.2, 0.25) is 0 Å². The van der Waals surface area contributed by atoms with Crippen LogP contribution in [-0.4, -0.2) is 5.97 Å². The quantitative estimate of drug-likeness (QED) is 0.436. The van der Waals surface area contributed by atoms with E-state index < -0.39 is 5.97 Å². The number of halogens is 1. The lowest BCUT2D eigenvalue weighted by Gasteiger charge is -1.93. The van der Waals surface area contributed by atoms with Gasteiger partial charge in [0.15, 0.2) is 23.0 Å². The highest BCUT2D eigenvalue weighted by Crippen LogP contribution is 2.02. The second-order valence-electron chi connectivity index (χ2n) is 1.43. The van der Waals surface area contributed by atoms with E-state index in [0.29, 0.717) is 5.57 Å². The van der Waals surface area contributed by atoms with Crippen molar-refractivity contribution in [3.8, 4) is 0 Å². The monoisotopic (exact) mass is 250 g/mol. The maximum absolute atomic E-state index is 10.7. The van der Waals surface area contributed by atoms with Gasteiger partial charge in [0.05, 0.1) is 5.57 Å². The first kappa shape index (κ1) is 9.42. The molecule has 0 aliphatic carbocycles. The summed E-state index contributed by atoms with van der Waals surface area (Å²) in [5.74, 6) is -0.407. The first-order valence-corrected chi connectivity index (χ1v) is 3.42. The van der Waals surface area contributed by atoms with Gasteiger partial charge in [-0.15, -0.1) is 0 Å². The van der Waals surface area contributed by atoms with E-state index in [0.717, 1.165) is 0 Å². The Labute approximate surface area is 73.9 Å². The predicted molar refractivity (Wildman–Crippen MR) is 48.6 cm³/mol. The second-order valence-corrected chi connectivity index (χ2v) is 1.87. The van der Waals surface area contributed by atoms with Crippen LogP contribution in [0, 0.1) is 0 Å². The minimum Gasteiger partial charge on any atom is -0.391 e. The van der Waals surface area contributed by atoms with Gasteiger partial charge in [0.1, 0.15) is 0 Å². The SMILES string of the molecule is C=C/C=C(\C=C)C(=O)OI. The lowest BCUT2D eigenvalue weighted by Crippen LogP contribution is -1.97. The summed E-state index contributed by atoms with van der Waals surface area (Å²) < 4.78 is 4.40. The summed E-state index contributed by atoms with van der Waals surface area (Å²) in [6.07, 6.45) is 4.46. The third-order valence-corrected chi connectivity index (χ3v) is 1.22. The fraction of sp³-hybridized carbons (Fsp3) is 0. The molecule has 0 spiro atoms. The highest BCUT2D eigenvalue weighted by Gasteiger charge is 2.02. The van der Waals surface area contributed by atoms with Crippen LogP contribution < -0.4 is 0 Å². The molecule has 0 saturated heterocycles. The average molecular weight is 250 g/mol. The van der Waals surface area contributed by atoms with Crippen molar-refractivity contribution in [2.75, 3.05) is 0 Å².